The van der Waals surface area contributed by atoms with E-state index in [2.05, 4.69) is 5.32 Å². The van der Waals surface area contributed by atoms with Gasteiger partial charge in [-0.15, -0.1) is 0 Å². The molecule has 0 aliphatic carbocycles. The first-order chi connectivity index (χ1) is 8.91. The number of aliphatic hydroxyl groups is 1. The van der Waals surface area contributed by atoms with Crippen LogP contribution in [0.1, 0.15) is 16.8 Å². The Morgan fingerprint density at radius 2 is 2.26 bits per heavy atom. The zero-order valence-electron chi connectivity index (χ0n) is 9.88. The van der Waals surface area contributed by atoms with Crippen molar-refractivity contribution in [1.29, 1.82) is 0 Å². The summed E-state index contributed by atoms with van der Waals surface area (Å²) in [4.78, 5) is 12.1. The largest absolute Gasteiger partial charge is 0.386 e. The Morgan fingerprint density at radius 3 is 2.89 bits per heavy atom. The second-order valence-corrected chi connectivity index (χ2v) is 6.38. The summed E-state index contributed by atoms with van der Waals surface area (Å²) in [5.74, 6) is -0.311. The Morgan fingerprint density at radius 1 is 1.53 bits per heavy atom. The molecule has 19 heavy (non-hydrogen) atoms. The standard InChI is InChI=1S/C12H12Cl2INO3/c13-7-3-8(10(15)9(14)4-7)11(17)16-5-12(18)1-2-19-6-12/h3-4,18H,1-2,5-6H2,(H,16,17). The zero-order valence-corrected chi connectivity index (χ0v) is 13.6. The van der Waals surface area contributed by atoms with Crippen LogP contribution in [0, 0.1) is 3.57 Å². The summed E-state index contributed by atoms with van der Waals surface area (Å²) in [6, 6.07) is 3.14. The number of halogens is 3. The van der Waals surface area contributed by atoms with Crippen molar-refractivity contribution in [2.45, 2.75) is 12.0 Å². The van der Waals surface area contributed by atoms with Crippen molar-refractivity contribution in [3.8, 4) is 0 Å². The minimum atomic E-state index is -0.983. The molecule has 1 unspecified atom stereocenters. The molecule has 7 heteroatoms. The van der Waals surface area contributed by atoms with Gasteiger partial charge in [-0.3, -0.25) is 4.79 Å². The Labute approximate surface area is 134 Å². The third-order valence-electron chi connectivity index (χ3n) is 2.90. The highest BCUT2D eigenvalue weighted by Crippen LogP contribution is 2.27. The highest BCUT2D eigenvalue weighted by Gasteiger charge is 2.32. The van der Waals surface area contributed by atoms with Crippen LogP contribution in [0.25, 0.3) is 0 Å². The molecule has 1 atom stereocenters. The molecule has 1 aromatic carbocycles. The third-order valence-corrected chi connectivity index (χ3v) is 4.90. The Hall–Kier alpha value is -0.0800. The first-order valence-corrected chi connectivity index (χ1v) is 7.48. The number of amides is 1. The lowest BCUT2D eigenvalue weighted by molar-refractivity contribution is 0.0264. The molecule has 0 spiro atoms. The number of ether oxygens (including phenoxy) is 1. The molecule has 104 valence electrons. The average Bonchev–Trinajstić information content (AvgIpc) is 2.78. The fourth-order valence-corrected chi connectivity index (χ4v) is 2.85. The summed E-state index contributed by atoms with van der Waals surface area (Å²) in [7, 11) is 0. The van der Waals surface area contributed by atoms with Crippen LogP contribution in [-0.2, 0) is 4.74 Å². The van der Waals surface area contributed by atoms with E-state index in [9.17, 15) is 9.90 Å². The van der Waals surface area contributed by atoms with Gasteiger partial charge in [-0.05, 0) is 34.7 Å². The van der Waals surface area contributed by atoms with Gasteiger partial charge in [-0.25, -0.2) is 0 Å². The fraction of sp³-hybridized carbons (Fsp3) is 0.417. The molecule has 1 aliphatic heterocycles. The molecular weight excluding hydrogens is 404 g/mol. The van der Waals surface area contributed by atoms with Crippen LogP contribution in [0.15, 0.2) is 12.1 Å². The van der Waals surface area contributed by atoms with Crippen LogP contribution in [0.3, 0.4) is 0 Å². The lowest BCUT2D eigenvalue weighted by Gasteiger charge is -2.20. The van der Waals surface area contributed by atoms with Crippen molar-refractivity contribution in [3.05, 3.63) is 31.3 Å². The summed E-state index contributed by atoms with van der Waals surface area (Å²) in [6.45, 7) is 0.889. The summed E-state index contributed by atoms with van der Waals surface area (Å²) in [5.41, 5.74) is -0.579. The second-order valence-electron chi connectivity index (χ2n) is 4.46. The van der Waals surface area contributed by atoms with Gasteiger partial charge in [0.15, 0.2) is 0 Å². The average molecular weight is 416 g/mol. The highest BCUT2D eigenvalue weighted by atomic mass is 127. The maximum atomic E-state index is 12.1. The quantitative estimate of drug-likeness (QED) is 0.589. The van der Waals surface area contributed by atoms with Crippen molar-refractivity contribution in [3.63, 3.8) is 0 Å². The molecule has 0 bridgehead atoms. The van der Waals surface area contributed by atoms with E-state index in [0.29, 0.717) is 32.2 Å². The fourth-order valence-electron chi connectivity index (χ4n) is 1.80. The van der Waals surface area contributed by atoms with Gasteiger partial charge in [0.05, 0.1) is 17.2 Å². The van der Waals surface area contributed by atoms with Gasteiger partial charge in [0, 0.05) is 28.2 Å². The zero-order chi connectivity index (χ0) is 14.0. The number of carbonyl (C=O) groups excluding carboxylic acids is 1. The molecule has 1 saturated heterocycles. The van der Waals surface area contributed by atoms with Crippen molar-refractivity contribution < 1.29 is 14.6 Å². The molecule has 1 aromatic rings. The van der Waals surface area contributed by atoms with E-state index in [4.69, 9.17) is 27.9 Å². The summed E-state index contributed by atoms with van der Waals surface area (Å²) >= 11 is 13.8. The minimum absolute atomic E-state index is 0.145. The predicted octanol–water partition coefficient (Wildman–Crippen LogP) is 2.48. The van der Waals surface area contributed by atoms with E-state index in [1.54, 1.807) is 12.1 Å². The normalized spacial score (nSPS) is 22.5. The molecule has 4 nitrogen and oxygen atoms in total. The van der Waals surface area contributed by atoms with Crippen LogP contribution >= 0.6 is 45.8 Å². The SMILES string of the molecule is O=C(NCC1(O)CCOC1)c1cc(Cl)cc(Cl)c1I. The molecule has 0 radical (unpaired) electrons. The monoisotopic (exact) mass is 415 g/mol. The maximum Gasteiger partial charge on any atom is 0.252 e. The van der Waals surface area contributed by atoms with E-state index < -0.39 is 5.60 Å². The topological polar surface area (TPSA) is 58.6 Å². The van der Waals surface area contributed by atoms with Crippen molar-refractivity contribution in [1.82, 2.24) is 5.32 Å². The van der Waals surface area contributed by atoms with Crippen LogP contribution in [0.4, 0.5) is 0 Å². The number of rotatable bonds is 3. The van der Waals surface area contributed by atoms with E-state index in [-0.39, 0.29) is 19.1 Å². The molecule has 2 N–H and O–H groups in total. The number of nitrogens with one attached hydrogen (secondary N) is 1. The molecule has 0 aromatic heterocycles. The summed E-state index contributed by atoms with van der Waals surface area (Å²) < 4.78 is 5.75. The molecule has 2 rings (SSSR count). The third kappa shape index (κ3) is 3.72. The Kier molecular flexibility index (Phi) is 4.94. The summed E-state index contributed by atoms with van der Waals surface area (Å²) in [6.07, 6.45) is 0.515. The van der Waals surface area contributed by atoms with Crippen LogP contribution in [-0.4, -0.2) is 36.4 Å². The Bertz CT molecular complexity index is 504. The van der Waals surface area contributed by atoms with E-state index in [0.717, 1.165) is 0 Å². The lowest BCUT2D eigenvalue weighted by Crippen LogP contribution is -2.43. The number of hydrogen-bond acceptors (Lipinski definition) is 3. The van der Waals surface area contributed by atoms with Crippen LogP contribution < -0.4 is 5.32 Å². The smallest absolute Gasteiger partial charge is 0.252 e. The van der Waals surface area contributed by atoms with Crippen molar-refractivity contribution in [2.75, 3.05) is 19.8 Å². The molecule has 0 saturated carbocycles. The molecule has 1 amide bonds. The molecule has 1 fully saturated rings. The lowest BCUT2D eigenvalue weighted by atomic mass is 10.0. The van der Waals surface area contributed by atoms with Gasteiger partial charge in [0.25, 0.3) is 5.91 Å². The first kappa shape index (κ1) is 15.3. The number of hydrogen-bond donors (Lipinski definition) is 2. The minimum Gasteiger partial charge on any atom is -0.386 e. The van der Waals surface area contributed by atoms with Crippen LogP contribution in [0.5, 0.6) is 0 Å². The van der Waals surface area contributed by atoms with Crippen molar-refractivity contribution >= 4 is 51.7 Å². The molecule has 1 aliphatic rings. The summed E-state index contributed by atoms with van der Waals surface area (Å²) in [5, 5.41) is 13.6. The van der Waals surface area contributed by atoms with Crippen LogP contribution in [0.2, 0.25) is 10.0 Å². The van der Waals surface area contributed by atoms with Gasteiger partial charge in [-0.2, -0.15) is 0 Å². The van der Waals surface area contributed by atoms with E-state index in [1.165, 1.54) is 0 Å². The van der Waals surface area contributed by atoms with Gasteiger partial charge in [0.1, 0.15) is 5.60 Å². The first-order valence-electron chi connectivity index (χ1n) is 5.64. The van der Waals surface area contributed by atoms with E-state index in [1.807, 2.05) is 22.6 Å². The maximum absolute atomic E-state index is 12.1. The predicted molar refractivity (Wildman–Crippen MR) is 81.9 cm³/mol. The van der Waals surface area contributed by atoms with Gasteiger partial charge >= 0.3 is 0 Å². The van der Waals surface area contributed by atoms with Gasteiger partial charge < -0.3 is 15.2 Å². The molecular formula is C12H12Cl2INO3. The molecule has 1 heterocycles. The van der Waals surface area contributed by atoms with Gasteiger partial charge in [0.2, 0.25) is 0 Å². The van der Waals surface area contributed by atoms with Gasteiger partial charge in [-0.1, -0.05) is 23.2 Å². The van der Waals surface area contributed by atoms with E-state index >= 15 is 0 Å². The highest BCUT2D eigenvalue weighted by molar-refractivity contribution is 14.1. The number of carbonyl (C=O) groups is 1. The van der Waals surface area contributed by atoms with Crippen molar-refractivity contribution in [2.24, 2.45) is 0 Å². The number of benzene rings is 1. The second kappa shape index (κ2) is 6.13. The Balaban J connectivity index is 2.08.